The van der Waals surface area contributed by atoms with Crippen molar-refractivity contribution < 1.29 is 8.42 Å². The molecule has 0 saturated carbocycles. The summed E-state index contributed by atoms with van der Waals surface area (Å²) >= 11 is 0. The Morgan fingerprint density at radius 1 is 1.33 bits per heavy atom. The molecule has 0 fully saturated rings. The van der Waals surface area contributed by atoms with Gasteiger partial charge in [0.2, 0.25) is 10.3 Å². The van der Waals surface area contributed by atoms with Crippen molar-refractivity contribution in [3.63, 3.8) is 0 Å². The van der Waals surface area contributed by atoms with Gasteiger partial charge in [-0.05, 0) is 20.8 Å². The lowest BCUT2D eigenvalue weighted by Gasteiger charge is -2.12. The van der Waals surface area contributed by atoms with Gasteiger partial charge in [-0.15, -0.1) is 0 Å². The topological polar surface area (TPSA) is 58.9 Å². The third kappa shape index (κ3) is 1.61. The third-order valence-corrected chi connectivity index (χ3v) is 2.62. The van der Waals surface area contributed by atoms with E-state index in [0.717, 1.165) is 0 Å². The van der Waals surface area contributed by atoms with E-state index in [1.54, 1.807) is 20.8 Å². The van der Waals surface area contributed by atoms with Gasteiger partial charge in [-0.1, -0.05) is 0 Å². The van der Waals surface area contributed by atoms with Crippen molar-refractivity contribution in [2.45, 2.75) is 26.8 Å². The van der Waals surface area contributed by atoms with Crippen LogP contribution in [0.1, 0.15) is 20.8 Å². The van der Waals surface area contributed by atoms with Crippen molar-refractivity contribution in [2.75, 3.05) is 0 Å². The minimum Gasteiger partial charge on any atom is -0.262 e. The summed E-state index contributed by atoms with van der Waals surface area (Å²) in [5, 5.41) is 0. The van der Waals surface area contributed by atoms with Gasteiger partial charge in [0.1, 0.15) is 10.7 Å². The molecular formula is C7H10N2O2S. The van der Waals surface area contributed by atoms with Gasteiger partial charge in [0.25, 0.3) is 0 Å². The molecule has 0 aromatic heterocycles. The molecule has 4 nitrogen and oxygen atoms in total. The second-order valence-electron chi connectivity index (χ2n) is 2.65. The molecule has 5 heteroatoms. The average molecular weight is 186 g/mol. The molecule has 0 amide bonds. The SMILES string of the molecule is CC1=NC(C)C(=S(=O)=O)C(C)=N1. The van der Waals surface area contributed by atoms with Crippen LogP contribution in [0.15, 0.2) is 9.98 Å². The number of amidine groups is 1. The Hall–Kier alpha value is -0.970. The molecule has 1 unspecified atom stereocenters. The lowest BCUT2D eigenvalue weighted by molar-refractivity contribution is 0.626. The second-order valence-corrected chi connectivity index (χ2v) is 3.56. The van der Waals surface area contributed by atoms with Crippen LogP contribution in [-0.4, -0.2) is 30.9 Å². The fourth-order valence-corrected chi connectivity index (χ4v) is 1.85. The third-order valence-electron chi connectivity index (χ3n) is 1.63. The van der Waals surface area contributed by atoms with Crippen LogP contribution in [0.5, 0.6) is 0 Å². The first-order valence-electron chi connectivity index (χ1n) is 3.58. The van der Waals surface area contributed by atoms with Crippen molar-refractivity contribution in [1.29, 1.82) is 0 Å². The molecule has 0 aromatic rings. The van der Waals surface area contributed by atoms with Crippen LogP contribution in [0, 0.1) is 0 Å². The van der Waals surface area contributed by atoms with Crippen molar-refractivity contribution in [1.82, 2.24) is 0 Å². The van der Waals surface area contributed by atoms with Crippen LogP contribution in [0.25, 0.3) is 0 Å². The zero-order valence-corrected chi connectivity index (χ0v) is 8.01. The fourth-order valence-electron chi connectivity index (χ4n) is 1.23. The predicted octanol–water partition coefficient (Wildman–Crippen LogP) is 0.319. The largest absolute Gasteiger partial charge is 0.262 e. The minimum absolute atomic E-state index is 0.291. The maximum atomic E-state index is 10.7. The molecule has 0 bridgehead atoms. The number of hydrogen-bond acceptors (Lipinski definition) is 4. The summed E-state index contributed by atoms with van der Waals surface area (Å²) in [7, 11) is -2.20. The molecule has 0 aromatic carbocycles. The molecule has 0 spiro atoms. The van der Waals surface area contributed by atoms with Crippen LogP contribution in [0.2, 0.25) is 0 Å². The van der Waals surface area contributed by atoms with Gasteiger partial charge in [0, 0.05) is 0 Å². The highest BCUT2D eigenvalue weighted by Gasteiger charge is 2.18. The van der Waals surface area contributed by atoms with Crippen molar-refractivity contribution >= 4 is 26.7 Å². The fraction of sp³-hybridized carbons (Fsp3) is 0.571. The summed E-state index contributed by atoms with van der Waals surface area (Å²) < 4.78 is 21.4. The lowest BCUT2D eigenvalue weighted by atomic mass is 10.1. The van der Waals surface area contributed by atoms with E-state index in [9.17, 15) is 8.42 Å². The summed E-state index contributed by atoms with van der Waals surface area (Å²) in [4.78, 5) is 8.30. The van der Waals surface area contributed by atoms with E-state index in [2.05, 4.69) is 9.98 Å². The van der Waals surface area contributed by atoms with Gasteiger partial charge in [-0.25, -0.2) is 4.99 Å². The first-order chi connectivity index (χ1) is 5.52. The molecule has 1 atom stereocenters. The molecule has 0 aliphatic carbocycles. The zero-order chi connectivity index (χ0) is 9.30. The summed E-state index contributed by atoms with van der Waals surface area (Å²) in [6.07, 6.45) is 0. The summed E-state index contributed by atoms with van der Waals surface area (Å²) in [6, 6.07) is -0.291. The van der Waals surface area contributed by atoms with E-state index in [-0.39, 0.29) is 6.04 Å². The Bertz CT molecular complexity index is 382. The highest BCUT2D eigenvalue weighted by atomic mass is 32.2. The first-order valence-corrected chi connectivity index (χ1v) is 4.66. The van der Waals surface area contributed by atoms with E-state index >= 15 is 0 Å². The smallest absolute Gasteiger partial charge is 0.221 e. The number of aliphatic imine (C=N–C) groups is 2. The first kappa shape index (κ1) is 9.12. The number of nitrogens with zero attached hydrogens (tertiary/aromatic N) is 2. The normalized spacial score (nSPS) is 23.2. The Morgan fingerprint density at radius 3 is 2.33 bits per heavy atom. The molecule has 0 saturated heterocycles. The average Bonchev–Trinajstić information content (AvgIpc) is 1.82. The van der Waals surface area contributed by atoms with Gasteiger partial charge in [-0.2, -0.15) is 8.42 Å². The van der Waals surface area contributed by atoms with E-state index in [1.807, 2.05) is 0 Å². The maximum absolute atomic E-state index is 10.7. The highest BCUT2D eigenvalue weighted by molar-refractivity contribution is 7.75. The summed E-state index contributed by atoms with van der Waals surface area (Å²) in [6.45, 7) is 5.18. The standard InChI is InChI=1S/C7H10N2O2S/c1-4-7(12(10)11)5(2)9-6(3)8-4/h4H,1-3H3. The molecule has 0 radical (unpaired) electrons. The Labute approximate surface area is 72.6 Å². The van der Waals surface area contributed by atoms with Crippen LogP contribution in [0.4, 0.5) is 0 Å². The molecule has 12 heavy (non-hydrogen) atoms. The quantitative estimate of drug-likeness (QED) is 0.511. The van der Waals surface area contributed by atoms with Gasteiger partial charge in [0.15, 0.2) is 0 Å². The zero-order valence-electron chi connectivity index (χ0n) is 7.20. The molecule has 1 heterocycles. The van der Waals surface area contributed by atoms with E-state index in [4.69, 9.17) is 0 Å². The second kappa shape index (κ2) is 3.18. The number of hydrogen-bond donors (Lipinski definition) is 0. The minimum atomic E-state index is -2.20. The van der Waals surface area contributed by atoms with Gasteiger partial charge in [0.05, 0.1) is 11.8 Å². The Kier molecular flexibility index (Phi) is 2.42. The maximum Gasteiger partial charge on any atom is 0.221 e. The monoisotopic (exact) mass is 186 g/mol. The predicted molar refractivity (Wildman–Crippen MR) is 49.6 cm³/mol. The Balaban J connectivity index is 3.31. The van der Waals surface area contributed by atoms with Crippen LogP contribution >= 0.6 is 0 Å². The van der Waals surface area contributed by atoms with Gasteiger partial charge in [-0.3, -0.25) is 4.99 Å². The summed E-state index contributed by atoms with van der Waals surface area (Å²) in [5.41, 5.74) is 0.545. The van der Waals surface area contributed by atoms with Crippen LogP contribution in [-0.2, 0) is 10.3 Å². The molecule has 0 N–H and O–H groups in total. The van der Waals surface area contributed by atoms with Crippen molar-refractivity contribution in [2.24, 2.45) is 9.98 Å². The Morgan fingerprint density at radius 2 is 1.92 bits per heavy atom. The summed E-state index contributed by atoms with van der Waals surface area (Å²) in [5.74, 6) is 0.634. The molecule has 1 aliphatic heterocycles. The molecule has 1 rings (SSSR count). The highest BCUT2D eigenvalue weighted by Crippen LogP contribution is 2.03. The van der Waals surface area contributed by atoms with Gasteiger partial charge < -0.3 is 0 Å². The van der Waals surface area contributed by atoms with Gasteiger partial charge >= 0.3 is 0 Å². The van der Waals surface area contributed by atoms with Crippen molar-refractivity contribution in [3.8, 4) is 0 Å². The molecule has 1 aliphatic rings. The number of rotatable bonds is 0. The van der Waals surface area contributed by atoms with Crippen LogP contribution in [0.3, 0.4) is 0 Å². The van der Waals surface area contributed by atoms with E-state index < -0.39 is 10.3 Å². The molecular weight excluding hydrogens is 176 g/mol. The molecule has 66 valence electrons. The lowest BCUT2D eigenvalue weighted by Crippen LogP contribution is -2.28. The van der Waals surface area contributed by atoms with E-state index in [1.165, 1.54) is 0 Å². The van der Waals surface area contributed by atoms with Crippen molar-refractivity contribution in [3.05, 3.63) is 0 Å². The van der Waals surface area contributed by atoms with E-state index in [0.29, 0.717) is 16.4 Å². The van der Waals surface area contributed by atoms with Crippen LogP contribution < -0.4 is 0 Å².